The largest absolute Gasteiger partial charge is 0.550 e. The first-order valence-electron chi connectivity index (χ1n) is 8.13. The highest BCUT2D eigenvalue weighted by Crippen LogP contribution is 2.27. The van der Waals surface area contributed by atoms with Crippen LogP contribution in [0.3, 0.4) is 0 Å². The quantitative estimate of drug-likeness (QED) is 0.652. The van der Waals surface area contributed by atoms with Crippen molar-refractivity contribution in [3.8, 4) is 16.9 Å². The molecule has 0 saturated carbocycles. The van der Waals surface area contributed by atoms with E-state index in [1.54, 1.807) is 6.07 Å². The third kappa shape index (κ3) is 3.69. The summed E-state index contributed by atoms with van der Waals surface area (Å²) in [7, 11) is 0. The molecule has 0 amide bonds. The lowest BCUT2D eigenvalue weighted by atomic mass is 10.1. The van der Waals surface area contributed by atoms with E-state index in [-0.39, 0.29) is 12.2 Å². The number of ketones is 1. The van der Waals surface area contributed by atoms with Crippen LogP contribution >= 0.6 is 0 Å². The summed E-state index contributed by atoms with van der Waals surface area (Å²) in [6, 6.07) is 21.1. The van der Waals surface area contributed by atoms with Crippen LogP contribution in [0.2, 0.25) is 0 Å². The second kappa shape index (κ2) is 7.18. The van der Waals surface area contributed by atoms with E-state index in [0.717, 1.165) is 22.6 Å². The first-order valence-corrected chi connectivity index (χ1v) is 8.13. The van der Waals surface area contributed by atoms with Crippen molar-refractivity contribution >= 4 is 11.8 Å². The standard InChI is InChI=1S/C21H19NO3/c1-15(23)17-8-5-9-19(14-17)22-18(11-13-21(24)25)10-12-20(22)16-6-3-2-4-7-16/h2-10,12,14H,11,13H2,1H3,(H,24,25)/p-1. The SMILES string of the molecule is CC(=O)c1cccc(-n2c(CCC(=O)[O-])ccc2-c2ccccc2)c1. The summed E-state index contributed by atoms with van der Waals surface area (Å²) in [6.45, 7) is 1.53. The highest BCUT2D eigenvalue weighted by atomic mass is 16.4. The molecule has 0 aliphatic rings. The number of hydrogen-bond acceptors (Lipinski definition) is 3. The maximum atomic E-state index is 11.7. The summed E-state index contributed by atoms with van der Waals surface area (Å²) < 4.78 is 2.00. The Labute approximate surface area is 146 Å². The zero-order valence-corrected chi connectivity index (χ0v) is 13.9. The molecule has 4 heteroatoms. The lowest BCUT2D eigenvalue weighted by molar-refractivity contribution is -0.305. The summed E-state index contributed by atoms with van der Waals surface area (Å²) in [5.41, 5.74) is 4.30. The van der Waals surface area contributed by atoms with Crippen LogP contribution in [-0.4, -0.2) is 16.3 Å². The predicted octanol–water partition coefficient (Wildman–Crippen LogP) is 3.03. The van der Waals surface area contributed by atoms with Gasteiger partial charge < -0.3 is 14.5 Å². The maximum Gasteiger partial charge on any atom is 0.159 e. The van der Waals surface area contributed by atoms with Crippen molar-refractivity contribution in [1.82, 2.24) is 4.57 Å². The minimum absolute atomic E-state index is 0.00782. The van der Waals surface area contributed by atoms with Crippen molar-refractivity contribution in [3.05, 3.63) is 78.0 Å². The van der Waals surface area contributed by atoms with E-state index in [1.807, 2.05) is 65.2 Å². The molecule has 4 nitrogen and oxygen atoms in total. The number of Topliss-reactive ketones (excluding diaryl/α,β-unsaturated/α-hetero) is 1. The van der Waals surface area contributed by atoms with Gasteiger partial charge >= 0.3 is 0 Å². The smallest absolute Gasteiger partial charge is 0.159 e. The number of aromatic nitrogens is 1. The molecular formula is C21H18NO3-. The average Bonchev–Trinajstić information content (AvgIpc) is 3.04. The molecule has 3 aromatic rings. The van der Waals surface area contributed by atoms with Crippen LogP contribution in [0.5, 0.6) is 0 Å². The monoisotopic (exact) mass is 332 g/mol. The van der Waals surface area contributed by atoms with Gasteiger partial charge in [0.15, 0.2) is 5.78 Å². The molecule has 0 radical (unpaired) electrons. The van der Waals surface area contributed by atoms with Gasteiger partial charge in [-0.1, -0.05) is 42.5 Å². The van der Waals surface area contributed by atoms with E-state index in [2.05, 4.69) is 0 Å². The van der Waals surface area contributed by atoms with Gasteiger partial charge in [0.25, 0.3) is 0 Å². The zero-order valence-electron chi connectivity index (χ0n) is 13.9. The van der Waals surface area contributed by atoms with Crippen LogP contribution in [0.1, 0.15) is 29.4 Å². The van der Waals surface area contributed by atoms with Gasteiger partial charge in [0.05, 0.1) is 5.69 Å². The number of rotatable bonds is 6. The second-order valence-corrected chi connectivity index (χ2v) is 5.89. The Kier molecular flexibility index (Phi) is 4.80. The zero-order chi connectivity index (χ0) is 17.8. The van der Waals surface area contributed by atoms with Crippen molar-refractivity contribution in [2.24, 2.45) is 0 Å². The number of aryl methyl sites for hydroxylation is 1. The van der Waals surface area contributed by atoms with Crippen LogP contribution in [0.4, 0.5) is 0 Å². The van der Waals surface area contributed by atoms with Gasteiger partial charge in [0.2, 0.25) is 0 Å². The topological polar surface area (TPSA) is 62.1 Å². The number of carboxylic acid groups (broad SMARTS) is 1. The molecule has 1 heterocycles. The molecule has 0 spiro atoms. The van der Waals surface area contributed by atoms with Gasteiger partial charge in [-0.2, -0.15) is 0 Å². The number of benzene rings is 2. The highest BCUT2D eigenvalue weighted by molar-refractivity contribution is 5.94. The number of aliphatic carboxylic acids is 1. The van der Waals surface area contributed by atoms with E-state index in [9.17, 15) is 14.7 Å². The summed E-state index contributed by atoms with van der Waals surface area (Å²) in [6.07, 6.45) is 0.310. The Morgan fingerprint density at radius 2 is 1.72 bits per heavy atom. The number of hydrogen-bond donors (Lipinski definition) is 0. The van der Waals surface area contributed by atoms with E-state index in [1.165, 1.54) is 6.92 Å². The molecule has 3 rings (SSSR count). The average molecular weight is 332 g/mol. The second-order valence-electron chi connectivity index (χ2n) is 5.89. The molecule has 0 aliphatic carbocycles. The Bertz CT molecular complexity index is 910. The minimum Gasteiger partial charge on any atom is -0.550 e. The maximum absolute atomic E-state index is 11.7. The predicted molar refractivity (Wildman–Crippen MR) is 94.5 cm³/mol. The van der Waals surface area contributed by atoms with Crippen LogP contribution < -0.4 is 5.11 Å². The summed E-state index contributed by atoms with van der Waals surface area (Å²) in [5.74, 6) is -1.09. The molecule has 25 heavy (non-hydrogen) atoms. The third-order valence-electron chi connectivity index (χ3n) is 4.13. The van der Waals surface area contributed by atoms with Crippen molar-refractivity contribution in [1.29, 1.82) is 0 Å². The summed E-state index contributed by atoms with van der Waals surface area (Å²) in [4.78, 5) is 22.6. The molecule has 1 aromatic heterocycles. The molecule has 2 aromatic carbocycles. The molecule has 126 valence electrons. The number of carboxylic acids is 1. The molecule has 0 atom stereocenters. The summed E-state index contributed by atoms with van der Waals surface area (Å²) >= 11 is 0. The summed E-state index contributed by atoms with van der Waals surface area (Å²) in [5, 5.41) is 10.9. The fourth-order valence-corrected chi connectivity index (χ4v) is 2.91. The Hall–Kier alpha value is -3.14. The van der Waals surface area contributed by atoms with Crippen molar-refractivity contribution in [3.63, 3.8) is 0 Å². The molecule has 0 fully saturated rings. The van der Waals surface area contributed by atoms with E-state index in [0.29, 0.717) is 12.0 Å². The van der Waals surface area contributed by atoms with Gasteiger partial charge in [0.1, 0.15) is 0 Å². The molecule has 0 saturated heterocycles. The molecular weight excluding hydrogens is 314 g/mol. The van der Waals surface area contributed by atoms with Gasteiger partial charge in [-0.15, -0.1) is 0 Å². The molecule has 0 unspecified atom stereocenters. The Morgan fingerprint density at radius 1 is 0.960 bits per heavy atom. The van der Waals surface area contributed by atoms with Crippen molar-refractivity contribution in [2.75, 3.05) is 0 Å². The Balaban J connectivity index is 2.14. The van der Waals surface area contributed by atoms with Crippen LogP contribution in [-0.2, 0) is 11.2 Å². The lowest BCUT2D eigenvalue weighted by Gasteiger charge is -2.15. The molecule has 0 aliphatic heterocycles. The third-order valence-corrected chi connectivity index (χ3v) is 4.13. The van der Waals surface area contributed by atoms with Crippen molar-refractivity contribution < 1.29 is 14.7 Å². The lowest BCUT2D eigenvalue weighted by Crippen LogP contribution is -2.22. The first kappa shape index (κ1) is 16.7. The fourth-order valence-electron chi connectivity index (χ4n) is 2.91. The fraction of sp³-hybridized carbons (Fsp3) is 0.143. The first-order chi connectivity index (χ1) is 12.1. The van der Waals surface area contributed by atoms with E-state index < -0.39 is 5.97 Å². The normalized spacial score (nSPS) is 10.6. The van der Waals surface area contributed by atoms with Crippen molar-refractivity contribution in [2.45, 2.75) is 19.8 Å². The highest BCUT2D eigenvalue weighted by Gasteiger charge is 2.13. The van der Waals surface area contributed by atoms with Crippen LogP contribution in [0, 0.1) is 0 Å². The molecule has 0 N–H and O–H groups in total. The van der Waals surface area contributed by atoms with Gasteiger partial charge in [-0.05, 0) is 49.6 Å². The van der Waals surface area contributed by atoms with E-state index >= 15 is 0 Å². The van der Waals surface area contributed by atoms with Gasteiger partial charge in [-0.3, -0.25) is 4.79 Å². The van der Waals surface area contributed by atoms with Gasteiger partial charge in [0, 0.05) is 22.9 Å². The number of carbonyl (C=O) groups is 2. The molecule has 0 bridgehead atoms. The Morgan fingerprint density at radius 3 is 2.40 bits per heavy atom. The minimum atomic E-state index is -1.08. The van der Waals surface area contributed by atoms with E-state index in [4.69, 9.17) is 0 Å². The van der Waals surface area contributed by atoms with Crippen LogP contribution in [0.15, 0.2) is 66.7 Å². The number of carbonyl (C=O) groups excluding carboxylic acids is 2. The van der Waals surface area contributed by atoms with Gasteiger partial charge in [-0.25, -0.2) is 0 Å². The van der Waals surface area contributed by atoms with Crippen LogP contribution in [0.25, 0.3) is 16.9 Å². The number of nitrogens with zero attached hydrogens (tertiary/aromatic N) is 1.